The van der Waals surface area contributed by atoms with Crippen LogP contribution in [0.2, 0.25) is 0 Å². The monoisotopic (exact) mass is 596 g/mol. The molecule has 0 bridgehead atoms. The van der Waals surface area contributed by atoms with Crippen LogP contribution in [0.5, 0.6) is 11.5 Å². The molecule has 1 saturated carbocycles. The first-order valence-corrected chi connectivity index (χ1v) is 15.6. The molecule has 5 aliphatic rings. The summed E-state index contributed by atoms with van der Waals surface area (Å²) in [5, 5.41) is 19.0. The lowest BCUT2D eigenvalue weighted by Gasteiger charge is -2.46. The molecule has 3 atom stereocenters. The topological polar surface area (TPSA) is 127 Å². The highest BCUT2D eigenvalue weighted by Gasteiger charge is 2.52. The maximum absolute atomic E-state index is 13.6. The average molecular weight is 597 g/mol. The molecular formula is C32H32N6O4S. The molecule has 43 heavy (non-hydrogen) atoms. The number of allylic oxidation sites excluding steroid dienone is 1. The number of ether oxygens (including phenoxy) is 1. The van der Waals surface area contributed by atoms with Gasteiger partial charge in [-0.2, -0.15) is 5.26 Å². The molecule has 7 rings (SSSR count). The number of nitrogens with one attached hydrogen (secondary N) is 3. The highest BCUT2D eigenvalue weighted by Crippen LogP contribution is 2.48. The number of rotatable bonds is 7. The Balaban J connectivity index is 1.05. The number of nitrogens with zero attached hydrogens (tertiary/aromatic N) is 3. The Morgan fingerprint density at radius 3 is 2.63 bits per heavy atom. The van der Waals surface area contributed by atoms with E-state index in [1.165, 1.54) is 11.8 Å². The fraction of sp³-hybridized carbons (Fsp3) is 0.375. The van der Waals surface area contributed by atoms with Crippen LogP contribution < -0.4 is 25.6 Å². The molecule has 4 aliphatic heterocycles. The van der Waals surface area contributed by atoms with Crippen LogP contribution in [0.15, 0.2) is 70.8 Å². The molecule has 3 saturated heterocycles. The number of para-hydroxylation sites is 1. The SMILES string of the molecule is Cc1cc(Oc2ccccc2)ccc1N1C(=O)NC2=C(C(=O)NC3CN(C(=O)/C(C#N)=C/C4CC4)C3)SC3NCCC1C23. The normalized spacial score (nSPS) is 25.0. The van der Waals surface area contributed by atoms with Gasteiger partial charge in [-0.1, -0.05) is 36.0 Å². The number of carbonyl (C=O) groups is 3. The molecule has 11 heteroatoms. The first-order chi connectivity index (χ1) is 20.9. The van der Waals surface area contributed by atoms with Crippen molar-refractivity contribution >= 4 is 35.3 Å². The molecule has 0 radical (unpaired) electrons. The number of aryl methyl sites for hydroxylation is 1. The van der Waals surface area contributed by atoms with Crippen LogP contribution in [0.3, 0.4) is 0 Å². The molecule has 2 aromatic rings. The minimum Gasteiger partial charge on any atom is -0.457 e. The van der Waals surface area contributed by atoms with Crippen molar-refractivity contribution in [3.8, 4) is 17.6 Å². The van der Waals surface area contributed by atoms with E-state index in [0.717, 1.165) is 42.8 Å². The van der Waals surface area contributed by atoms with Crippen LogP contribution >= 0.6 is 11.8 Å². The van der Waals surface area contributed by atoms with Crippen molar-refractivity contribution < 1.29 is 19.1 Å². The van der Waals surface area contributed by atoms with Crippen LogP contribution in [-0.4, -0.2) is 59.8 Å². The second-order valence-corrected chi connectivity index (χ2v) is 12.8. The van der Waals surface area contributed by atoms with E-state index in [1.807, 2.05) is 66.4 Å². The summed E-state index contributed by atoms with van der Waals surface area (Å²) in [6, 6.07) is 16.8. The van der Waals surface area contributed by atoms with Crippen molar-refractivity contribution in [1.29, 1.82) is 5.26 Å². The minimum atomic E-state index is -0.273. The van der Waals surface area contributed by atoms with Crippen molar-refractivity contribution in [2.75, 3.05) is 24.5 Å². The fourth-order valence-corrected chi connectivity index (χ4v) is 7.70. The Bertz CT molecular complexity index is 1590. The Morgan fingerprint density at radius 1 is 1.12 bits per heavy atom. The number of amides is 4. The minimum absolute atomic E-state index is 0.0381. The summed E-state index contributed by atoms with van der Waals surface area (Å²) < 4.78 is 6.00. The Kier molecular flexibility index (Phi) is 7.11. The van der Waals surface area contributed by atoms with Gasteiger partial charge in [0.05, 0.1) is 22.4 Å². The summed E-state index contributed by atoms with van der Waals surface area (Å²) in [5.74, 6) is 1.19. The smallest absolute Gasteiger partial charge is 0.326 e. The third-order valence-corrected chi connectivity index (χ3v) is 9.99. The van der Waals surface area contributed by atoms with E-state index >= 15 is 0 Å². The summed E-state index contributed by atoms with van der Waals surface area (Å²) >= 11 is 1.45. The third kappa shape index (κ3) is 5.26. The quantitative estimate of drug-likeness (QED) is 0.328. The van der Waals surface area contributed by atoms with Crippen LogP contribution in [0.1, 0.15) is 24.8 Å². The maximum atomic E-state index is 13.6. The molecular weight excluding hydrogens is 564 g/mol. The van der Waals surface area contributed by atoms with E-state index in [9.17, 15) is 19.6 Å². The predicted octanol–water partition coefficient (Wildman–Crippen LogP) is 3.77. The number of hydrogen-bond donors (Lipinski definition) is 3. The van der Waals surface area contributed by atoms with Gasteiger partial charge in [-0.05, 0) is 74.5 Å². The highest BCUT2D eigenvalue weighted by atomic mass is 32.2. The summed E-state index contributed by atoms with van der Waals surface area (Å²) in [6.07, 6.45) is 4.57. The molecule has 4 heterocycles. The van der Waals surface area contributed by atoms with Gasteiger partial charge in [0.25, 0.3) is 11.8 Å². The van der Waals surface area contributed by atoms with Crippen LogP contribution in [-0.2, 0) is 9.59 Å². The third-order valence-electron chi connectivity index (χ3n) is 8.63. The molecule has 10 nitrogen and oxygen atoms in total. The standard InChI is InChI=1S/C32H32N6O4S/c1-18-13-23(42-22-5-3-2-4-6-22)9-10-24(18)38-25-11-12-34-30-26(25)27(36-32(38)41)28(43-30)29(39)35-21-16-37(17-21)31(40)20(15-33)14-19-7-8-19/h2-6,9-10,13-14,19,21,25-26,30,34H,7-8,11-12,16-17H2,1H3,(H,35,39)(H,36,41)/b20-14+. The van der Waals surface area contributed by atoms with Crippen molar-refractivity contribution in [2.24, 2.45) is 11.8 Å². The Hall–Kier alpha value is -4.27. The molecule has 3 unspecified atom stereocenters. The number of hydrogen-bond acceptors (Lipinski definition) is 7. The highest BCUT2D eigenvalue weighted by molar-refractivity contribution is 8.04. The van der Waals surface area contributed by atoms with Crippen molar-refractivity contribution in [3.63, 3.8) is 0 Å². The van der Waals surface area contributed by atoms with Crippen molar-refractivity contribution in [2.45, 2.75) is 43.6 Å². The zero-order valence-corrected chi connectivity index (χ0v) is 24.5. The summed E-state index contributed by atoms with van der Waals surface area (Å²) in [7, 11) is 0. The number of anilines is 1. The van der Waals surface area contributed by atoms with E-state index in [-0.39, 0.29) is 46.8 Å². The van der Waals surface area contributed by atoms with E-state index in [0.29, 0.717) is 35.4 Å². The fourth-order valence-electron chi connectivity index (χ4n) is 6.30. The zero-order chi connectivity index (χ0) is 29.7. The first-order valence-electron chi connectivity index (χ1n) is 14.7. The van der Waals surface area contributed by atoms with Crippen LogP contribution in [0.25, 0.3) is 0 Å². The van der Waals surface area contributed by atoms with Gasteiger partial charge < -0.3 is 25.6 Å². The average Bonchev–Trinajstić information content (AvgIpc) is 3.73. The number of benzene rings is 2. The number of urea groups is 1. The van der Waals surface area contributed by atoms with Gasteiger partial charge in [-0.3, -0.25) is 14.5 Å². The number of piperidine rings is 1. The summed E-state index contributed by atoms with van der Waals surface area (Å²) in [5.41, 5.74) is 2.59. The lowest BCUT2D eigenvalue weighted by molar-refractivity contribution is -0.133. The first kappa shape index (κ1) is 27.6. The van der Waals surface area contributed by atoms with Crippen LogP contribution in [0, 0.1) is 30.1 Å². The number of likely N-dealkylation sites (tertiary alicyclic amines) is 1. The van der Waals surface area contributed by atoms with Gasteiger partial charge in [0.1, 0.15) is 23.1 Å². The lowest BCUT2D eigenvalue weighted by atomic mass is 9.86. The molecule has 4 fully saturated rings. The van der Waals surface area contributed by atoms with Gasteiger partial charge in [0.15, 0.2) is 0 Å². The molecule has 4 amide bonds. The van der Waals surface area contributed by atoms with Gasteiger partial charge in [-0.25, -0.2) is 4.79 Å². The largest absolute Gasteiger partial charge is 0.457 e. The number of carbonyl (C=O) groups excluding carboxylic acids is 3. The predicted molar refractivity (Wildman–Crippen MR) is 162 cm³/mol. The molecule has 0 aromatic heterocycles. The van der Waals surface area contributed by atoms with E-state index in [2.05, 4.69) is 16.0 Å². The zero-order valence-electron chi connectivity index (χ0n) is 23.7. The lowest BCUT2D eigenvalue weighted by Crippen LogP contribution is -2.62. The van der Waals surface area contributed by atoms with Gasteiger partial charge in [0, 0.05) is 30.4 Å². The van der Waals surface area contributed by atoms with Crippen molar-refractivity contribution in [1.82, 2.24) is 20.9 Å². The Morgan fingerprint density at radius 2 is 1.91 bits per heavy atom. The molecule has 0 spiro atoms. The molecule has 220 valence electrons. The van der Waals surface area contributed by atoms with Crippen LogP contribution in [0.4, 0.5) is 10.5 Å². The molecule has 1 aliphatic carbocycles. The summed E-state index contributed by atoms with van der Waals surface area (Å²) in [6.45, 7) is 3.42. The summed E-state index contributed by atoms with van der Waals surface area (Å²) in [4.78, 5) is 43.7. The maximum Gasteiger partial charge on any atom is 0.326 e. The molecule has 3 N–H and O–H groups in total. The second kappa shape index (κ2) is 11.1. The van der Waals surface area contributed by atoms with Crippen molar-refractivity contribution in [3.05, 3.63) is 76.3 Å². The van der Waals surface area contributed by atoms with Gasteiger partial charge in [-0.15, -0.1) is 0 Å². The van der Waals surface area contributed by atoms with Gasteiger partial charge >= 0.3 is 6.03 Å². The van der Waals surface area contributed by atoms with E-state index in [4.69, 9.17) is 4.74 Å². The van der Waals surface area contributed by atoms with E-state index in [1.54, 1.807) is 11.0 Å². The van der Waals surface area contributed by atoms with Gasteiger partial charge in [0.2, 0.25) is 0 Å². The number of nitriles is 1. The number of thioether (sulfide) groups is 1. The molecule has 2 aromatic carbocycles. The second-order valence-electron chi connectivity index (χ2n) is 11.7. The van der Waals surface area contributed by atoms with E-state index < -0.39 is 0 Å². The Labute approximate surface area is 254 Å².